The molecule has 1 aliphatic carbocycles. The van der Waals surface area contributed by atoms with Gasteiger partial charge in [-0.15, -0.1) is 0 Å². The number of piperazine rings is 1. The van der Waals surface area contributed by atoms with Gasteiger partial charge in [-0.2, -0.15) is 0 Å². The number of aromatic amines is 1. The Labute approximate surface area is 141 Å². The van der Waals surface area contributed by atoms with Gasteiger partial charge in [-0.05, 0) is 48.4 Å². The monoisotopic (exact) mass is 333 g/mol. The van der Waals surface area contributed by atoms with Gasteiger partial charge in [0.05, 0.1) is 6.54 Å². The first kappa shape index (κ1) is 16.0. The van der Waals surface area contributed by atoms with Gasteiger partial charge < -0.3 is 4.98 Å². The first-order chi connectivity index (χ1) is 11.6. The van der Waals surface area contributed by atoms with Gasteiger partial charge >= 0.3 is 0 Å². The van der Waals surface area contributed by atoms with Gasteiger partial charge in [0.1, 0.15) is 0 Å². The van der Waals surface area contributed by atoms with Crippen LogP contribution in [-0.2, 0) is 6.54 Å². The van der Waals surface area contributed by atoms with Crippen LogP contribution in [0.4, 0.5) is 8.78 Å². The number of halogens is 2. The second kappa shape index (κ2) is 6.45. The highest BCUT2D eigenvalue weighted by Gasteiger charge is 2.29. The van der Waals surface area contributed by atoms with Crippen molar-refractivity contribution in [3.05, 3.63) is 35.0 Å². The molecule has 0 unspecified atom stereocenters. The summed E-state index contributed by atoms with van der Waals surface area (Å²) in [7, 11) is 0. The fraction of sp³-hybridized carbons (Fsp3) is 0.579. The van der Waals surface area contributed by atoms with Crippen LogP contribution in [0.2, 0.25) is 0 Å². The Hall–Kier alpha value is -1.46. The highest BCUT2D eigenvalue weighted by molar-refractivity contribution is 5.87. The number of hydrogen-bond acceptors (Lipinski definition) is 2. The van der Waals surface area contributed by atoms with Crippen molar-refractivity contribution in [2.24, 2.45) is 0 Å². The molecule has 3 nitrogen and oxygen atoms in total. The lowest BCUT2D eigenvalue weighted by atomic mass is 9.95. The molecule has 1 N–H and O–H groups in total. The van der Waals surface area contributed by atoms with Crippen molar-refractivity contribution in [2.75, 3.05) is 32.7 Å². The number of hydrogen-bond donors (Lipinski definition) is 1. The Balaban J connectivity index is 1.53. The van der Waals surface area contributed by atoms with Crippen molar-refractivity contribution in [2.45, 2.75) is 38.7 Å². The van der Waals surface area contributed by atoms with E-state index >= 15 is 0 Å². The Morgan fingerprint density at radius 3 is 2.54 bits per heavy atom. The first-order valence-corrected chi connectivity index (χ1v) is 8.94. The maximum Gasteiger partial charge on any atom is 0.251 e. The highest BCUT2D eigenvalue weighted by atomic mass is 19.3. The van der Waals surface area contributed by atoms with Crippen LogP contribution in [0.15, 0.2) is 18.3 Å². The maximum absolute atomic E-state index is 12.5. The molecule has 0 bridgehead atoms. The molecule has 4 rings (SSSR count). The first-order valence-electron chi connectivity index (χ1n) is 8.94. The quantitative estimate of drug-likeness (QED) is 0.900. The summed E-state index contributed by atoms with van der Waals surface area (Å²) in [5.41, 5.74) is 5.52. The summed E-state index contributed by atoms with van der Waals surface area (Å²) in [5, 5.41) is 1.34. The molecule has 1 saturated carbocycles. The molecule has 5 heteroatoms. The Morgan fingerprint density at radius 1 is 1.17 bits per heavy atom. The van der Waals surface area contributed by atoms with Crippen LogP contribution < -0.4 is 0 Å². The number of benzene rings is 1. The number of aromatic nitrogens is 1. The van der Waals surface area contributed by atoms with Crippen molar-refractivity contribution in [3.8, 4) is 0 Å². The second-order valence-electron chi connectivity index (χ2n) is 7.27. The minimum absolute atomic E-state index is 0.0895. The van der Waals surface area contributed by atoms with Gasteiger partial charge in [-0.3, -0.25) is 9.80 Å². The SMILES string of the molecule is Cc1cc(C2CC2)c(CN2CCN(CC(F)F)CC2)c2cc[nH]c12. The predicted molar refractivity (Wildman–Crippen MR) is 92.7 cm³/mol. The van der Waals surface area contributed by atoms with E-state index in [-0.39, 0.29) is 6.54 Å². The van der Waals surface area contributed by atoms with Crippen LogP contribution in [0, 0.1) is 6.92 Å². The fourth-order valence-electron chi connectivity index (χ4n) is 3.98. The van der Waals surface area contributed by atoms with Gasteiger partial charge in [0, 0.05) is 49.8 Å². The van der Waals surface area contributed by atoms with Crippen LogP contribution in [0.25, 0.3) is 10.9 Å². The van der Waals surface area contributed by atoms with E-state index in [1.807, 2.05) is 11.1 Å². The third kappa shape index (κ3) is 3.20. The topological polar surface area (TPSA) is 22.3 Å². The molecule has 0 amide bonds. The van der Waals surface area contributed by atoms with Crippen LogP contribution in [0.1, 0.15) is 35.4 Å². The van der Waals surface area contributed by atoms with E-state index in [9.17, 15) is 8.78 Å². The van der Waals surface area contributed by atoms with Crippen LogP contribution >= 0.6 is 0 Å². The smallest absolute Gasteiger partial charge is 0.251 e. The summed E-state index contributed by atoms with van der Waals surface area (Å²) in [6, 6.07) is 4.55. The molecule has 2 aliphatic rings. The third-order valence-electron chi connectivity index (χ3n) is 5.45. The van der Waals surface area contributed by atoms with Gasteiger partial charge in [-0.1, -0.05) is 6.07 Å². The predicted octanol–water partition coefficient (Wildman–Crippen LogP) is 3.74. The number of nitrogens with one attached hydrogen (secondary N) is 1. The number of fused-ring (bicyclic) bond motifs is 1. The van der Waals surface area contributed by atoms with E-state index < -0.39 is 6.43 Å². The Bertz CT molecular complexity index is 713. The standard InChI is InChI=1S/C19H25F2N3/c1-13-10-16(14-2-3-14)17(15-4-5-22-19(13)15)11-23-6-8-24(9-7-23)12-18(20)21/h4-5,10,14,18,22H,2-3,6-9,11-12H2,1H3. The largest absolute Gasteiger partial charge is 0.361 e. The summed E-state index contributed by atoms with van der Waals surface area (Å²) < 4.78 is 25.1. The lowest BCUT2D eigenvalue weighted by molar-refractivity contribution is 0.0544. The molecule has 1 saturated heterocycles. The number of H-pyrrole nitrogens is 1. The minimum Gasteiger partial charge on any atom is -0.361 e. The van der Waals surface area contributed by atoms with E-state index in [2.05, 4.69) is 28.9 Å². The normalized spacial score (nSPS) is 20.3. The van der Waals surface area contributed by atoms with Crippen molar-refractivity contribution < 1.29 is 8.78 Å². The van der Waals surface area contributed by atoms with Crippen LogP contribution in [0.3, 0.4) is 0 Å². The lowest BCUT2D eigenvalue weighted by Gasteiger charge is -2.35. The number of aryl methyl sites for hydroxylation is 1. The Kier molecular flexibility index (Phi) is 4.31. The van der Waals surface area contributed by atoms with Crippen LogP contribution in [-0.4, -0.2) is 53.9 Å². The number of nitrogens with zero attached hydrogens (tertiary/aromatic N) is 2. The molecule has 1 aliphatic heterocycles. The summed E-state index contributed by atoms with van der Waals surface area (Å²) in [5.74, 6) is 0.720. The number of alkyl halides is 2. The van der Waals surface area contributed by atoms with E-state index in [1.54, 1.807) is 0 Å². The molecule has 2 aromatic rings. The molecule has 0 atom stereocenters. The van der Waals surface area contributed by atoms with Gasteiger partial charge in [-0.25, -0.2) is 8.78 Å². The van der Waals surface area contributed by atoms with E-state index in [0.717, 1.165) is 38.6 Å². The summed E-state index contributed by atoms with van der Waals surface area (Å²) in [6.07, 6.45) is 2.39. The minimum atomic E-state index is -2.23. The molecular formula is C19H25F2N3. The molecule has 2 fully saturated rings. The lowest BCUT2D eigenvalue weighted by Crippen LogP contribution is -2.47. The Morgan fingerprint density at radius 2 is 1.88 bits per heavy atom. The molecule has 2 heterocycles. The number of rotatable bonds is 5. The zero-order valence-electron chi connectivity index (χ0n) is 14.2. The third-order valence-corrected chi connectivity index (χ3v) is 5.45. The van der Waals surface area contributed by atoms with E-state index in [4.69, 9.17) is 0 Å². The van der Waals surface area contributed by atoms with Gasteiger partial charge in [0.25, 0.3) is 6.43 Å². The van der Waals surface area contributed by atoms with Crippen molar-refractivity contribution in [1.82, 2.24) is 14.8 Å². The van der Waals surface area contributed by atoms with E-state index in [0.29, 0.717) is 0 Å². The fourth-order valence-corrected chi connectivity index (χ4v) is 3.98. The molecule has 0 radical (unpaired) electrons. The zero-order valence-corrected chi connectivity index (χ0v) is 14.2. The van der Waals surface area contributed by atoms with Crippen molar-refractivity contribution in [3.63, 3.8) is 0 Å². The van der Waals surface area contributed by atoms with Crippen molar-refractivity contribution in [1.29, 1.82) is 0 Å². The van der Waals surface area contributed by atoms with Gasteiger partial charge in [0.2, 0.25) is 0 Å². The highest BCUT2D eigenvalue weighted by Crippen LogP contribution is 2.44. The summed E-state index contributed by atoms with van der Waals surface area (Å²) in [4.78, 5) is 7.67. The van der Waals surface area contributed by atoms with Crippen molar-refractivity contribution >= 4 is 10.9 Å². The maximum atomic E-state index is 12.5. The molecule has 1 aromatic heterocycles. The molecule has 24 heavy (non-hydrogen) atoms. The zero-order chi connectivity index (χ0) is 16.7. The second-order valence-corrected chi connectivity index (χ2v) is 7.27. The summed E-state index contributed by atoms with van der Waals surface area (Å²) >= 11 is 0. The summed E-state index contributed by atoms with van der Waals surface area (Å²) in [6.45, 7) is 6.25. The molecule has 130 valence electrons. The molecular weight excluding hydrogens is 308 g/mol. The average Bonchev–Trinajstić information content (AvgIpc) is 3.27. The van der Waals surface area contributed by atoms with Gasteiger partial charge in [0.15, 0.2) is 0 Å². The van der Waals surface area contributed by atoms with E-state index in [1.165, 1.54) is 40.4 Å². The molecule has 0 spiro atoms. The van der Waals surface area contributed by atoms with Crippen LogP contribution in [0.5, 0.6) is 0 Å². The molecule has 1 aromatic carbocycles. The average molecular weight is 333 g/mol.